The average molecular weight is 1650 g/mol. The molecule has 121 heavy (non-hydrogen) atoms. The van der Waals surface area contributed by atoms with E-state index in [1.54, 1.807) is 24.3 Å². The summed E-state index contributed by atoms with van der Waals surface area (Å²) in [6.07, 6.45) is 18.6. The minimum atomic E-state index is -0.704. The van der Waals surface area contributed by atoms with Crippen LogP contribution < -0.4 is 35.6 Å². The summed E-state index contributed by atoms with van der Waals surface area (Å²) >= 11 is 0. The van der Waals surface area contributed by atoms with E-state index in [2.05, 4.69) is 121 Å². The third-order valence-corrected chi connectivity index (χ3v) is 29.0. The molecule has 20 rings (SSSR count). The maximum atomic E-state index is 13.5. The topological polar surface area (TPSA) is 316 Å². The number of nitrogens with zero attached hydrogens (tertiary/aromatic N) is 12. The van der Waals surface area contributed by atoms with Gasteiger partial charge in [0.25, 0.3) is 11.4 Å². The molecule has 5 saturated heterocycles. The van der Waals surface area contributed by atoms with Gasteiger partial charge < -0.3 is 65.1 Å². The summed E-state index contributed by atoms with van der Waals surface area (Å²) in [6, 6.07) is 25.5. The number of anilines is 6. The molecular formula is C94H121N17O10. The van der Waals surface area contributed by atoms with E-state index in [0.717, 1.165) is 263 Å². The predicted octanol–water partition coefficient (Wildman–Crippen LogP) is 13.8. The number of ketones is 1. The normalized spacial score (nSPS) is 22.2. The van der Waals surface area contributed by atoms with Crippen molar-refractivity contribution in [3.05, 3.63) is 155 Å². The number of hydrogen-bond donors (Lipinski definition) is 5. The summed E-state index contributed by atoms with van der Waals surface area (Å²) < 4.78 is 0. The number of non-ortho nitro benzene ring substituents is 2. The van der Waals surface area contributed by atoms with Crippen LogP contribution in [-0.4, -0.2) is 209 Å². The van der Waals surface area contributed by atoms with Crippen LogP contribution in [0, 0.1) is 20.2 Å². The second-order valence-corrected chi connectivity index (χ2v) is 38.9. The lowest BCUT2D eigenvalue weighted by atomic mass is 9.85. The third kappa shape index (κ3) is 15.0. The second-order valence-electron chi connectivity index (χ2n) is 38.9. The first-order valence-electron chi connectivity index (χ1n) is 44.0. The average Bonchev–Trinajstić information content (AvgIpc) is 1.58. The Hall–Kier alpha value is -10.2. The molecule has 5 fully saturated rings. The van der Waals surface area contributed by atoms with Crippen LogP contribution in [0.25, 0.3) is 33.2 Å². The van der Waals surface area contributed by atoms with E-state index < -0.39 is 36.9 Å². The van der Waals surface area contributed by atoms with Gasteiger partial charge >= 0.3 is 0 Å². The summed E-state index contributed by atoms with van der Waals surface area (Å²) in [4.78, 5) is 126. The standard InChI is InChI=1S/C24H29N5O.C23H29N3O2.C16H21N3O3.C16H23N3O.C15H19N3O3/c1-24(2)18-12-19-17(16-6-4-5-14-13-25-27-21(14)22(16)26-19)11-20(18)29(23(24)30)15-7-9-28(3)10-8-15;1-23(2)17-13-18-16(15-6-4-5-7-20(27)21(15)24-18)12-19(17)26(22(23)28)14-8-10-25(3)11-9-14;1-16(2)13-10-12(19(21)22)4-5-14(13)18(15(16)20)11-6-8-17(3)9-7-11;1-16(2)13-10-11(17)4-5-14(13)19(15(16)20)12-6-8-18(3)9-7-12;1-15(2)12-9-11(18(20)21)3-4-13(12)17(14(15)19)10-5-7-16-8-6-10/h11-13,15,26H,4-10H2,1-3H3,(H,25,27);12-14,24H,4-11H2,1-3H3;4-5,10-11H,6-9H2,1-3H3;4-5,10,12H,6-9,17H2,1-3H3;3-4,9-10,16H,5-8H2,1-2H3. The number of aromatic amines is 3. The number of Topliss-reactive ketones (excluding diaryl/α,β-unsaturated/α-hetero) is 1. The Bertz CT molecular complexity index is 5440. The zero-order valence-corrected chi connectivity index (χ0v) is 73.1. The number of amides is 5. The van der Waals surface area contributed by atoms with Crippen LogP contribution in [0.2, 0.25) is 0 Å². The van der Waals surface area contributed by atoms with Gasteiger partial charge in [-0.1, -0.05) is 0 Å². The number of hydrogen-bond acceptors (Lipinski definition) is 17. The first kappa shape index (κ1) is 84.4. The van der Waals surface area contributed by atoms with Gasteiger partial charge in [-0.15, -0.1) is 0 Å². The van der Waals surface area contributed by atoms with Crippen molar-refractivity contribution < 1.29 is 38.6 Å². The van der Waals surface area contributed by atoms with E-state index in [1.165, 1.54) is 34.3 Å². The van der Waals surface area contributed by atoms with Crippen LogP contribution in [0.3, 0.4) is 0 Å². The minimum Gasteiger partial charge on any atom is -0.399 e. The molecule has 27 nitrogen and oxygen atoms in total. The van der Waals surface area contributed by atoms with Gasteiger partial charge in [-0.3, -0.25) is 54.1 Å². The Morgan fingerprint density at radius 3 is 1.12 bits per heavy atom. The Labute approximate surface area is 709 Å². The number of carbonyl (C=O) groups is 6. The molecule has 12 aliphatic rings. The number of likely N-dealkylation sites (tertiary alicyclic amines) is 4. The summed E-state index contributed by atoms with van der Waals surface area (Å²) in [6.45, 7) is 29.6. The number of benzene rings is 5. The van der Waals surface area contributed by atoms with Crippen molar-refractivity contribution in [2.24, 2.45) is 0 Å². The van der Waals surface area contributed by atoms with Crippen LogP contribution in [0.15, 0.2) is 85.1 Å². The predicted molar refractivity (Wildman–Crippen MR) is 476 cm³/mol. The van der Waals surface area contributed by atoms with Crippen molar-refractivity contribution in [2.45, 2.75) is 236 Å². The van der Waals surface area contributed by atoms with Crippen LogP contribution in [0.1, 0.15) is 214 Å². The number of piperidine rings is 5. The van der Waals surface area contributed by atoms with Crippen LogP contribution in [0.4, 0.5) is 45.5 Å². The smallest absolute Gasteiger partial charge is 0.269 e. The molecule has 6 N–H and O–H groups in total. The maximum absolute atomic E-state index is 13.5. The van der Waals surface area contributed by atoms with E-state index >= 15 is 0 Å². The first-order chi connectivity index (χ1) is 57.5. The fourth-order valence-corrected chi connectivity index (χ4v) is 21.3. The van der Waals surface area contributed by atoms with Crippen molar-refractivity contribution in [2.75, 3.05) is 124 Å². The lowest BCUT2D eigenvalue weighted by Gasteiger charge is -2.36. The van der Waals surface area contributed by atoms with Crippen molar-refractivity contribution in [1.82, 2.24) is 45.1 Å². The number of carbonyl (C=O) groups excluding carboxylic acids is 6. The van der Waals surface area contributed by atoms with E-state index in [9.17, 15) is 49.0 Å². The van der Waals surface area contributed by atoms with Gasteiger partial charge in [-0.05, 0) is 365 Å². The van der Waals surface area contributed by atoms with Crippen molar-refractivity contribution in [3.63, 3.8) is 0 Å². The number of fused-ring (bicyclic) bond motifs is 13. The lowest BCUT2D eigenvalue weighted by molar-refractivity contribution is -0.385. The fourth-order valence-electron chi connectivity index (χ4n) is 21.3. The zero-order chi connectivity index (χ0) is 86.0. The van der Waals surface area contributed by atoms with Crippen molar-refractivity contribution in [1.29, 1.82) is 0 Å². The molecule has 3 aromatic heterocycles. The minimum absolute atomic E-state index is 0.0433. The molecule has 5 aromatic carbocycles. The van der Waals surface area contributed by atoms with Crippen LogP contribution in [-0.2, 0) is 70.3 Å². The number of nitro groups is 2. The highest BCUT2D eigenvalue weighted by Crippen LogP contribution is 2.53. The molecule has 0 unspecified atom stereocenters. The third-order valence-electron chi connectivity index (χ3n) is 29.0. The SMILES string of the molecule is CC1(C)C(=O)N(C2CCNCC2)c2ccc([N+](=O)[O-])cc21.CN1CCC(N2C(=O)C(C)(C)c3cc(N)ccc32)CC1.CN1CCC(N2C(=O)C(C)(C)c3cc([N+](=O)[O-])ccc32)CC1.CN1CCC(N2C(=O)C(C)(C)c3cc4[nH]c5c(c4cc32)CCCCC5=O)CC1.CN1CCC(N2C(=O)C(C)(C)c3cc4[nH]c5c(c4cc32)CCCc2cn[nH]c2-5)CC1. The Morgan fingerprint density at radius 2 is 0.719 bits per heavy atom. The van der Waals surface area contributed by atoms with Gasteiger partial charge in [0.05, 0.1) is 60.2 Å². The molecule has 13 heterocycles. The number of aromatic nitrogens is 4. The monoisotopic (exact) mass is 1650 g/mol. The first-order valence-corrected chi connectivity index (χ1v) is 44.0. The molecule has 5 amide bonds. The number of H-pyrrole nitrogens is 3. The molecule has 0 bridgehead atoms. The van der Waals surface area contributed by atoms with Gasteiger partial charge in [0.2, 0.25) is 29.5 Å². The molecular weight excluding hydrogens is 1530 g/mol. The summed E-state index contributed by atoms with van der Waals surface area (Å²) in [5.41, 5.74) is 22.6. The molecule has 27 heteroatoms. The number of nitrogens with two attached hydrogens (primary N) is 1. The summed E-state index contributed by atoms with van der Waals surface area (Å²) in [7, 11) is 8.54. The molecule has 0 radical (unpaired) electrons. The van der Waals surface area contributed by atoms with Crippen LogP contribution >= 0.6 is 0 Å². The molecule has 0 saturated carbocycles. The largest absolute Gasteiger partial charge is 0.399 e. The van der Waals surface area contributed by atoms with Gasteiger partial charge in [0, 0.05) is 117 Å². The van der Waals surface area contributed by atoms with Gasteiger partial charge in [-0.25, -0.2) is 0 Å². The lowest BCUT2D eigenvalue weighted by Crippen LogP contribution is -2.47. The number of rotatable bonds is 7. The summed E-state index contributed by atoms with van der Waals surface area (Å²) in [5, 5.41) is 35.2. The Morgan fingerprint density at radius 1 is 0.388 bits per heavy atom. The Kier molecular flexibility index (Phi) is 22.5. The number of nitrogens with one attached hydrogen (secondary N) is 4. The molecule has 0 atom stereocenters. The van der Waals surface area contributed by atoms with E-state index in [0.29, 0.717) is 18.5 Å². The number of aryl methyl sites for hydroxylation is 3. The van der Waals surface area contributed by atoms with E-state index in [4.69, 9.17) is 5.73 Å². The maximum Gasteiger partial charge on any atom is 0.269 e. The van der Waals surface area contributed by atoms with Crippen LogP contribution in [0.5, 0.6) is 0 Å². The Balaban J connectivity index is 0.000000114. The fraction of sp³-hybridized carbons (Fsp3) is 0.543. The second kappa shape index (κ2) is 32.2. The van der Waals surface area contributed by atoms with Crippen molar-refractivity contribution in [3.8, 4) is 11.4 Å². The molecule has 2 aliphatic carbocycles. The molecule has 0 spiro atoms. The highest BCUT2D eigenvalue weighted by atomic mass is 16.6. The number of nitro benzene ring substituents is 2. The highest BCUT2D eigenvalue weighted by molar-refractivity contribution is 6.14. The number of nitrogen functional groups attached to an aromatic ring is 1. The van der Waals surface area contributed by atoms with E-state index in [1.807, 2.05) is 94.5 Å². The molecule has 10 aliphatic heterocycles. The van der Waals surface area contributed by atoms with Gasteiger partial charge in [0.1, 0.15) is 0 Å². The quantitative estimate of drug-likeness (QED) is 0.0428. The molecule has 8 aromatic rings. The molecule has 642 valence electrons. The van der Waals surface area contributed by atoms with Crippen molar-refractivity contribution >= 4 is 103 Å². The van der Waals surface area contributed by atoms with Gasteiger partial charge in [0.15, 0.2) is 5.78 Å². The zero-order valence-electron chi connectivity index (χ0n) is 73.1. The van der Waals surface area contributed by atoms with E-state index in [-0.39, 0.29) is 64.8 Å². The summed E-state index contributed by atoms with van der Waals surface area (Å²) in [5.74, 6) is 1.01. The van der Waals surface area contributed by atoms with Gasteiger partial charge in [-0.2, -0.15) is 5.10 Å². The highest BCUT2D eigenvalue weighted by Gasteiger charge is 2.53.